The van der Waals surface area contributed by atoms with Gasteiger partial charge in [0, 0.05) is 11.3 Å². The molecule has 0 radical (unpaired) electrons. The number of nitrogens with one attached hydrogen (secondary N) is 4. The lowest BCUT2D eigenvalue weighted by Gasteiger charge is -2.39. The molecular weight excluding hydrogens is 523 g/mol. The highest BCUT2D eigenvalue weighted by Gasteiger charge is 2.35. The molecule has 0 spiro atoms. The summed E-state index contributed by atoms with van der Waals surface area (Å²) in [5.41, 5.74) is 0.971. The molecular formula is C28H34F3N7O2. The molecule has 2 aromatic carbocycles. The second kappa shape index (κ2) is 11.6. The predicted octanol–water partition coefficient (Wildman–Crippen LogP) is 6.49. The van der Waals surface area contributed by atoms with Gasteiger partial charge in [-0.2, -0.15) is 18.4 Å². The zero-order chi connectivity index (χ0) is 29.1. The molecule has 0 saturated heterocycles. The number of amides is 3. The first-order valence-corrected chi connectivity index (χ1v) is 13.2. The number of nitrogens with zero attached hydrogens (tertiary/aromatic N) is 3. The molecule has 4 rings (SSSR count). The molecule has 1 heterocycles. The number of hydrogen-bond acceptors (Lipinski definition) is 5. The van der Waals surface area contributed by atoms with Crippen LogP contribution in [0.2, 0.25) is 0 Å². The number of benzene rings is 2. The van der Waals surface area contributed by atoms with Crippen molar-refractivity contribution in [1.29, 1.82) is 0 Å². The predicted molar refractivity (Wildman–Crippen MR) is 145 cm³/mol. The standard InChI is InChI=1S/C28H34F3N7O2/c1-16-13-21(28(29,30)31)15-22(14-16)32-26(40)33-23(18-9-11-20(12-10-18)27(2,3)4)17-5-7-19(8-6-17)24(39)34-25-35-37-38-36-25/h5-8,13-15,18,20,23H,9-12H2,1-4H3,(H2,32,33,40)(H2,34,35,36,37,38,39). The van der Waals surface area contributed by atoms with E-state index in [1.165, 1.54) is 6.07 Å². The number of halogens is 3. The SMILES string of the molecule is Cc1cc(NC(=O)NC(c2ccc(C(=O)Nc3nn[nH]n3)cc2)C2CCC(C(C)(C)C)CC2)cc(C(F)(F)F)c1. The van der Waals surface area contributed by atoms with Crippen LogP contribution in [-0.2, 0) is 6.18 Å². The van der Waals surface area contributed by atoms with E-state index in [1.807, 2.05) is 0 Å². The monoisotopic (exact) mass is 557 g/mol. The number of rotatable bonds is 6. The van der Waals surface area contributed by atoms with Crippen LogP contribution in [0.4, 0.5) is 29.6 Å². The molecule has 40 heavy (non-hydrogen) atoms. The number of aryl methyl sites for hydroxylation is 1. The Bertz CT molecular complexity index is 1310. The van der Waals surface area contributed by atoms with Gasteiger partial charge in [0.2, 0.25) is 0 Å². The Hall–Kier alpha value is -3.96. The molecule has 1 atom stereocenters. The molecule has 1 unspecified atom stereocenters. The van der Waals surface area contributed by atoms with Gasteiger partial charge in [0.25, 0.3) is 11.9 Å². The minimum atomic E-state index is -4.52. The number of alkyl halides is 3. The number of anilines is 2. The first-order chi connectivity index (χ1) is 18.8. The van der Waals surface area contributed by atoms with Crippen LogP contribution in [0.5, 0.6) is 0 Å². The Balaban J connectivity index is 1.53. The molecule has 1 saturated carbocycles. The van der Waals surface area contributed by atoms with Gasteiger partial charge in [-0.3, -0.25) is 10.1 Å². The maximum atomic E-state index is 13.3. The lowest BCUT2D eigenvalue weighted by atomic mass is 9.68. The Kier molecular flexibility index (Phi) is 8.45. The van der Waals surface area contributed by atoms with Crippen molar-refractivity contribution >= 4 is 23.6 Å². The van der Waals surface area contributed by atoms with Gasteiger partial charge in [0.15, 0.2) is 0 Å². The van der Waals surface area contributed by atoms with Gasteiger partial charge >= 0.3 is 12.2 Å². The van der Waals surface area contributed by atoms with Crippen LogP contribution in [0.1, 0.15) is 79.5 Å². The van der Waals surface area contributed by atoms with Gasteiger partial charge in [0.05, 0.1) is 11.6 Å². The van der Waals surface area contributed by atoms with Crippen LogP contribution >= 0.6 is 0 Å². The fourth-order valence-electron chi connectivity index (χ4n) is 5.35. The largest absolute Gasteiger partial charge is 0.416 e. The van der Waals surface area contributed by atoms with Gasteiger partial charge in [0.1, 0.15) is 0 Å². The number of aromatic nitrogens is 4. The topological polar surface area (TPSA) is 125 Å². The molecule has 9 nitrogen and oxygen atoms in total. The first kappa shape index (κ1) is 29.0. The van der Waals surface area contributed by atoms with Crippen LogP contribution in [0.15, 0.2) is 42.5 Å². The normalized spacial score (nSPS) is 18.6. The molecule has 214 valence electrons. The number of urea groups is 1. The van der Waals surface area contributed by atoms with Crippen molar-refractivity contribution in [3.05, 3.63) is 64.7 Å². The zero-order valence-corrected chi connectivity index (χ0v) is 22.9. The lowest BCUT2D eigenvalue weighted by molar-refractivity contribution is -0.137. The molecule has 1 aliphatic carbocycles. The quantitative estimate of drug-likeness (QED) is 0.276. The molecule has 4 N–H and O–H groups in total. The van der Waals surface area contributed by atoms with Crippen LogP contribution in [0.25, 0.3) is 0 Å². The maximum absolute atomic E-state index is 13.3. The van der Waals surface area contributed by atoms with Crippen molar-refractivity contribution in [3.63, 3.8) is 0 Å². The van der Waals surface area contributed by atoms with Crippen LogP contribution in [-0.4, -0.2) is 32.6 Å². The highest BCUT2D eigenvalue weighted by atomic mass is 19.4. The van der Waals surface area contributed by atoms with E-state index in [0.29, 0.717) is 17.0 Å². The molecule has 0 bridgehead atoms. The Labute approximate surface area is 230 Å². The van der Waals surface area contributed by atoms with Gasteiger partial charge in [-0.25, -0.2) is 4.79 Å². The summed E-state index contributed by atoms with van der Waals surface area (Å²) in [5.74, 6) is 0.306. The van der Waals surface area contributed by atoms with Gasteiger partial charge in [-0.05, 0) is 96.5 Å². The van der Waals surface area contributed by atoms with Gasteiger partial charge in [-0.1, -0.05) is 38.0 Å². The van der Waals surface area contributed by atoms with E-state index in [-0.39, 0.29) is 23.0 Å². The van der Waals surface area contributed by atoms with E-state index in [1.54, 1.807) is 31.2 Å². The number of carbonyl (C=O) groups is 2. The number of carbonyl (C=O) groups excluding carboxylic acids is 2. The van der Waals surface area contributed by atoms with Crippen LogP contribution in [0.3, 0.4) is 0 Å². The third kappa shape index (κ3) is 7.36. The molecule has 3 amide bonds. The summed E-state index contributed by atoms with van der Waals surface area (Å²) in [6, 6.07) is 9.31. The van der Waals surface area contributed by atoms with Crippen LogP contribution in [0, 0.1) is 24.2 Å². The van der Waals surface area contributed by atoms with Crippen LogP contribution < -0.4 is 16.0 Å². The van der Waals surface area contributed by atoms with Crippen molar-refractivity contribution in [2.75, 3.05) is 10.6 Å². The van der Waals surface area contributed by atoms with Crippen molar-refractivity contribution in [3.8, 4) is 0 Å². The van der Waals surface area contributed by atoms with E-state index < -0.39 is 29.7 Å². The highest BCUT2D eigenvalue weighted by molar-refractivity contribution is 6.03. The second-order valence-electron chi connectivity index (χ2n) is 11.5. The van der Waals surface area contributed by atoms with E-state index in [9.17, 15) is 22.8 Å². The third-order valence-electron chi connectivity index (χ3n) is 7.52. The number of tetrazole rings is 1. The summed E-state index contributed by atoms with van der Waals surface area (Å²) in [5, 5.41) is 21.2. The lowest BCUT2D eigenvalue weighted by Crippen LogP contribution is -2.38. The molecule has 1 aromatic heterocycles. The minimum Gasteiger partial charge on any atom is -0.331 e. The Morgan fingerprint density at radius 3 is 2.23 bits per heavy atom. The number of H-pyrrole nitrogens is 1. The van der Waals surface area contributed by atoms with E-state index >= 15 is 0 Å². The van der Waals surface area contributed by atoms with Crippen molar-refractivity contribution in [2.24, 2.45) is 17.3 Å². The number of aromatic amines is 1. The summed E-state index contributed by atoms with van der Waals surface area (Å²) in [6.07, 6.45) is -0.742. The van der Waals surface area contributed by atoms with Crippen molar-refractivity contribution in [2.45, 2.75) is 65.6 Å². The van der Waals surface area contributed by atoms with E-state index in [2.05, 4.69) is 57.3 Å². The highest BCUT2D eigenvalue weighted by Crippen LogP contribution is 2.43. The van der Waals surface area contributed by atoms with E-state index in [0.717, 1.165) is 43.4 Å². The summed E-state index contributed by atoms with van der Waals surface area (Å²) >= 11 is 0. The zero-order valence-electron chi connectivity index (χ0n) is 22.9. The third-order valence-corrected chi connectivity index (χ3v) is 7.52. The number of hydrogen-bond donors (Lipinski definition) is 4. The van der Waals surface area contributed by atoms with Crippen molar-refractivity contribution in [1.82, 2.24) is 25.9 Å². The van der Waals surface area contributed by atoms with Crippen molar-refractivity contribution < 1.29 is 22.8 Å². The fraction of sp³-hybridized carbons (Fsp3) is 0.464. The minimum absolute atomic E-state index is 0.0470. The Morgan fingerprint density at radius 2 is 1.65 bits per heavy atom. The molecule has 0 aliphatic heterocycles. The average Bonchev–Trinajstić information content (AvgIpc) is 3.39. The molecule has 3 aromatic rings. The smallest absolute Gasteiger partial charge is 0.331 e. The second-order valence-corrected chi connectivity index (χ2v) is 11.5. The van der Waals surface area contributed by atoms with Gasteiger partial charge in [-0.15, -0.1) is 5.10 Å². The van der Waals surface area contributed by atoms with E-state index in [4.69, 9.17) is 0 Å². The Morgan fingerprint density at radius 1 is 0.975 bits per heavy atom. The summed E-state index contributed by atoms with van der Waals surface area (Å²) < 4.78 is 39.9. The molecule has 12 heteroatoms. The maximum Gasteiger partial charge on any atom is 0.416 e. The average molecular weight is 558 g/mol. The first-order valence-electron chi connectivity index (χ1n) is 13.2. The summed E-state index contributed by atoms with van der Waals surface area (Å²) in [7, 11) is 0. The summed E-state index contributed by atoms with van der Waals surface area (Å²) in [6.45, 7) is 8.24. The fourth-order valence-corrected chi connectivity index (χ4v) is 5.35. The molecule has 1 fully saturated rings. The van der Waals surface area contributed by atoms with Gasteiger partial charge < -0.3 is 10.6 Å². The molecule has 1 aliphatic rings. The summed E-state index contributed by atoms with van der Waals surface area (Å²) in [4.78, 5) is 25.6.